The first-order valence-corrected chi connectivity index (χ1v) is 8.48. The first-order valence-electron chi connectivity index (χ1n) is 8.48. The molecule has 4 unspecified atom stereocenters. The lowest BCUT2D eigenvalue weighted by atomic mass is 10.0. The van der Waals surface area contributed by atoms with Gasteiger partial charge in [0.05, 0.1) is 12.2 Å². The molecule has 0 amide bonds. The summed E-state index contributed by atoms with van der Waals surface area (Å²) in [5.41, 5.74) is 0. The summed E-state index contributed by atoms with van der Waals surface area (Å²) in [5, 5.41) is 3.61. The Kier molecular flexibility index (Phi) is 3.55. The van der Waals surface area contributed by atoms with E-state index in [1.807, 2.05) is 0 Å². The molecule has 19 heavy (non-hydrogen) atoms. The summed E-state index contributed by atoms with van der Waals surface area (Å²) >= 11 is 0. The predicted molar refractivity (Wildman–Crippen MR) is 76.2 cm³/mol. The second-order valence-corrected chi connectivity index (χ2v) is 7.31. The molecule has 2 aliphatic heterocycles. The van der Waals surface area contributed by atoms with Crippen LogP contribution < -0.4 is 5.32 Å². The Morgan fingerprint density at radius 3 is 2.37 bits per heavy atom. The average Bonchev–Trinajstić information content (AvgIpc) is 2.79. The van der Waals surface area contributed by atoms with Crippen molar-refractivity contribution in [2.24, 2.45) is 11.8 Å². The highest BCUT2D eigenvalue weighted by atomic mass is 16.5. The van der Waals surface area contributed by atoms with Crippen LogP contribution in [0, 0.1) is 11.8 Å². The first kappa shape index (κ1) is 12.6. The van der Waals surface area contributed by atoms with Crippen molar-refractivity contribution in [2.75, 3.05) is 26.2 Å². The highest BCUT2D eigenvalue weighted by Crippen LogP contribution is 2.38. The van der Waals surface area contributed by atoms with Gasteiger partial charge in [-0.25, -0.2) is 0 Å². The van der Waals surface area contributed by atoms with E-state index in [-0.39, 0.29) is 0 Å². The Bertz CT molecular complexity index is 306. The van der Waals surface area contributed by atoms with Gasteiger partial charge in [0, 0.05) is 32.2 Å². The summed E-state index contributed by atoms with van der Waals surface area (Å²) in [6, 6.07) is 0.820. The molecule has 3 heteroatoms. The van der Waals surface area contributed by atoms with Gasteiger partial charge in [0.2, 0.25) is 0 Å². The molecule has 4 rings (SSSR count). The van der Waals surface area contributed by atoms with Crippen LogP contribution in [-0.2, 0) is 4.74 Å². The zero-order chi connectivity index (χ0) is 12.7. The number of nitrogens with zero attached hydrogens (tertiary/aromatic N) is 1. The molecule has 1 N–H and O–H groups in total. The Labute approximate surface area is 117 Å². The lowest BCUT2D eigenvalue weighted by molar-refractivity contribution is 0.0261. The number of hydrogen-bond acceptors (Lipinski definition) is 3. The maximum atomic E-state index is 6.22. The summed E-state index contributed by atoms with van der Waals surface area (Å²) in [4.78, 5) is 2.69. The van der Waals surface area contributed by atoms with Gasteiger partial charge in [-0.1, -0.05) is 6.42 Å². The van der Waals surface area contributed by atoms with Crippen molar-refractivity contribution in [3.63, 3.8) is 0 Å². The molecule has 0 aromatic heterocycles. The van der Waals surface area contributed by atoms with Crippen molar-refractivity contribution < 1.29 is 4.74 Å². The van der Waals surface area contributed by atoms with E-state index in [9.17, 15) is 0 Å². The predicted octanol–water partition coefficient (Wildman–Crippen LogP) is 2.02. The van der Waals surface area contributed by atoms with Crippen LogP contribution in [0.15, 0.2) is 0 Å². The highest BCUT2D eigenvalue weighted by Gasteiger charge is 2.37. The fourth-order valence-corrected chi connectivity index (χ4v) is 4.42. The van der Waals surface area contributed by atoms with Crippen molar-refractivity contribution in [1.82, 2.24) is 10.2 Å². The largest absolute Gasteiger partial charge is 0.372 e. The van der Waals surface area contributed by atoms with Crippen molar-refractivity contribution in [3.05, 3.63) is 0 Å². The number of rotatable bonds is 5. The van der Waals surface area contributed by atoms with Gasteiger partial charge in [0.25, 0.3) is 0 Å². The zero-order valence-electron chi connectivity index (χ0n) is 12.0. The molecule has 108 valence electrons. The van der Waals surface area contributed by atoms with E-state index in [2.05, 4.69) is 10.2 Å². The van der Waals surface area contributed by atoms with E-state index in [4.69, 9.17) is 4.74 Å². The van der Waals surface area contributed by atoms with E-state index in [0.717, 1.165) is 24.4 Å². The Morgan fingerprint density at radius 1 is 0.895 bits per heavy atom. The fraction of sp³-hybridized carbons (Fsp3) is 1.00. The van der Waals surface area contributed by atoms with Crippen LogP contribution in [0.5, 0.6) is 0 Å². The third-order valence-corrected chi connectivity index (χ3v) is 5.67. The molecule has 0 bridgehead atoms. The van der Waals surface area contributed by atoms with Crippen molar-refractivity contribution in [1.29, 1.82) is 0 Å². The smallest absolute Gasteiger partial charge is 0.0707 e. The van der Waals surface area contributed by atoms with Gasteiger partial charge < -0.3 is 15.0 Å². The van der Waals surface area contributed by atoms with Crippen molar-refractivity contribution >= 4 is 0 Å². The molecule has 0 aromatic rings. The van der Waals surface area contributed by atoms with Gasteiger partial charge in [-0.2, -0.15) is 0 Å². The number of ether oxygens (including phenoxy) is 1. The number of nitrogens with one attached hydrogen (secondary N) is 1. The van der Waals surface area contributed by atoms with E-state index in [1.165, 1.54) is 64.6 Å². The lowest BCUT2D eigenvalue weighted by Gasteiger charge is -2.21. The molecule has 0 aromatic carbocycles. The van der Waals surface area contributed by atoms with Crippen molar-refractivity contribution in [3.8, 4) is 0 Å². The highest BCUT2D eigenvalue weighted by molar-refractivity contribution is 4.90. The summed E-state index contributed by atoms with van der Waals surface area (Å²) in [6.07, 6.45) is 10.8. The average molecular weight is 264 g/mol. The SMILES string of the molecule is C1CC2CN(CC3CCC(CNC4CC4)O3)CC2C1. The van der Waals surface area contributed by atoms with Crippen LogP contribution in [0.3, 0.4) is 0 Å². The van der Waals surface area contributed by atoms with Gasteiger partial charge in [0.15, 0.2) is 0 Å². The molecule has 3 nitrogen and oxygen atoms in total. The van der Waals surface area contributed by atoms with Crippen LogP contribution >= 0.6 is 0 Å². The second kappa shape index (κ2) is 5.34. The maximum absolute atomic E-state index is 6.22. The lowest BCUT2D eigenvalue weighted by Crippen LogP contribution is -2.33. The minimum absolute atomic E-state index is 0.493. The molecule has 2 saturated heterocycles. The van der Waals surface area contributed by atoms with E-state index < -0.39 is 0 Å². The van der Waals surface area contributed by atoms with Gasteiger partial charge in [-0.15, -0.1) is 0 Å². The van der Waals surface area contributed by atoms with Crippen LogP contribution in [0.4, 0.5) is 0 Å². The second-order valence-electron chi connectivity index (χ2n) is 7.31. The van der Waals surface area contributed by atoms with Gasteiger partial charge in [-0.3, -0.25) is 0 Å². The number of likely N-dealkylation sites (tertiary alicyclic amines) is 1. The minimum atomic E-state index is 0.493. The Balaban J connectivity index is 1.19. The molecule has 2 heterocycles. The van der Waals surface area contributed by atoms with E-state index in [0.29, 0.717) is 12.2 Å². The molecule has 2 aliphatic carbocycles. The third kappa shape index (κ3) is 2.98. The summed E-state index contributed by atoms with van der Waals surface area (Å²) in [6.45, 7) is 5.00. The molecule has 4 fully saturated rings. The molecule has 0 radical (unpaired) electrons. The van der Waals surface area contributed by atoms with Gasteiger partial charge >= 0.3 is 0 Å². The van der Waals surface area contributed by atoms with Crippen LogP contribution in [-0.4, -0.2) is 49.3 Å². The molecule has 4 aliphatic rings. The quantitative estimate of drug-likeness (QED) is 0.822. The Morgan fingerprint density at radius 2 is 1.63 bits per heavy atom. The maximum Gasteiger partial charge on any atom is 0.0707 e. The van der Waals surface area contributed by atoms with Crippen LogP contribution in [0.25, 0.3) is 0 Å². The summed E-state index contributed by atoms with van der Waals surface area (Å²) in [7, 11) is 0. The van der Waals surface area contributed by atoms with E-state index >= 15 is 0 Å². The summed E-state index contributed by atoms with van der Waals surface area (Å²) in [5.74, 6) is 2.04. The molecular formula is C16H28N2O. The topological polar surface area (TPSA) is 24.5 Å². The van der Waals surface area contributed by atoms with Crippen LogP contribution in [0.1, 0.15) is 44.9 Å². The summed E-state index contributed by atoms with van der Waals surface area (Å²) < 4.78 is 6.22. The Hall–Kier alpha value is -0.120. The molecular weight excluding hydrogens is 236 g/mol. The first-order chi connectivity index (χ1) is 9.37. The van der Waals surface area contributed by atoms with Gasteiger partial charge in [-0.05, 0) is 50.4 Å². The molecule has 4 atom stereocenters. The van der Waals surface area contributed by atoms with Crippen LogP contribution in [0.2, 0.25) is 0 Å². The third-order valence-electron chi connectivity index (χ3n) is 5.67. The standard InChI is InChI=1S/C16H28N2O/c1-2-12-9-18(10-13(12)3-1)11-16-7-6-15(19-16)8-17-14-4-5-14/h12-17H,1-11H2. The van der Waals surface area contributed by atoms with E-state index in [1.54, 1.807) is 0 Å². The van der Waals surface area contributed by atoms with Crippen molar-refractivity contribution in [2.45, 2.75) is 63.2 Å². The normalized spacial score (nSPS) is 42.9. The van der Waals surface area contributed by atoms with Gasteiger partial charge in [0.1, 0.15) is 0 Å². The minimum Gasteiger partial charge on any atom is -0.372 e. The fourth-order valence-electron chi connectivity index (χ4n) is 4.42. The molecule has 0 spiro atoms. The zero-order valence-corrected chi connectivity index (χ0v) is 12.0. The number of hydrogen-bond donors (Lipinski definition) is 1. The number of fused-ring (bicyclic) bond motifs is 1. The monoisotopic (exact) mass is 264 g/mol. The molecule has 2 saturated carbocycles.